The molecule has 0 nitrogen and oxygen atoms in total. The Morgan fingerprint density at radius 1 is 0.741 bits per heavy atom. The van der Waals surface area contributed by atoms with Crippen LogP contribution in [0, 0.1) is 40.9 Å². The molecule has 0 unspecified atom stereocenters. The lowest BCUT2D eigenvalue weighted by atomic mass is 9.78. The van der Waals surface area contributed by atoms with Gasteiger partial charge < -0.3 is 0 Å². The third kappa shape index (κ3) is 4.50. The Balaban J connectivity index is 1.78. The fourth-order valence-corrected chi connectivity index (χ4v) is 4.18. The molecule has 0 N–H and O–H groups in total. The number of rotatable bonds is 5. The number of hydrogen-bond acceptors (Lipinski definition) is 0. The van der Waals surface area contributed by atoms with Crippen LogP contribution in [-0.2, 0) is 6.42 Å². The van der Waals surface area contributed by atoms with E-state index in [1.807, 2.05) is 0 Å². The largest absolute Gasteiger partial charge is 0.206 e. The Kier molecular flexibility index (Phi) is 6.18. The highest BCUT2D eigenvalue weighted by Gasteiger charge is 2.23. The SMILES string of the molecule is CCCC1CCC(Cc2cc(F)c(-c3cc(F)c(F)c(F)c3)c(F)c2)CC1. The van der Waals surface area contributed by atoms with Crippen molar-refractivity contribution in [1.82, 2.24) is 0 Å². The summed E-state index contributed by atoms with van der Waals surface area (Å²) in [6.45, 7) is 2.18. The van der Waals surface area contributed by atoms with Crippen molar-refractivity contribution in [2.45, 2.75) is 51.9 Å². The highest BCUT2D eigenvalue weighted by atomic mass is 19.2. The lowest BCUT2D eigenvalue weighted by Crippen LogP contribution is -2.16. The Labute approximate surface area is 156 Å². The van der Waals surface area contributed by atoms with Gasteiger partial charge in [-0.2, -0.15) is 0 Å². The molecule has 1 aliphatic rings. The summed E-state index contributed by atoms with van der Waals surface area (Å²) in [5, 5.41) is 0. The van der Waals surface area contributed by atoms with Crippen molar-refractivity contribution in [3.63, 3.8) is 0 Å². The van der Waals surface area contributed by atoms with Gasteiger partial charge in [0.15, 0.2) is 17.5 Å². The molecule has 0 heterocycles. The van der Waals surface area contributed by atoms with E-state index in [9.17, 15) is 22.0 Å². The number of benzene rings is 2. The van der Waals surface area contributed by atoms with Gasteiger partial charge in [-0.05, 0) is 66.5 Å². The van der Waals surface area contributed by atoms with Gasteiger partial charge >= 0.3 is 0 Å². The monoisotopic (exact) mass is 382 g/mol. The zero-order valence-electron chi connectivity index (χ0n) is 15.3. The summed E-state index contributed by atoms with van der Waals surface area (Å²) in [5.74, 6) is -5.25. The Morgan fingerprint density at radius 2 is 1.26 bits per heavy atom. The molecule has 0 spiro atoms. The molecule has 2 aromatic rings. The maximum absolute atomic E-state index is 14.5. The molecule has 0 saturated heterocycles. The van der Waals surface area contributed by atoms with Crippen LogP contribution in [0.25, 0.3) is 11.1 Å². The molecule has 0 bridgehead atoms. The molecule has 3 rings (SSSR count). The zero-order chi connectivity index (χ0) is 19.6. The first-order valence-corrected chi connectivity index (χ1v) is 9.51. The van der Waals surface area contributed by atoms with Crippen molar-refractivity contribution in [3.05, 3.63) is 58.9 Å². The van der Waals surface area contributed by atoms with Crippen molar-refractivity contribution in [1.29, 1.82) is 0 Å². The van der Waals surface area contributed by atoms with Crippen LogP contribution < -0.4 is 0 Å². The molecule has 1 saturated carbocycles. The van der Waals surface area contributed by atoms with Crippen molar-refractivity contribution in [3.8, 4) is 11.1 Å². The maximum atomic E-state index is 14.5. The molecule has 1 fully saturated rings. The second-order valence-corrected chi connectivity index (χ2v) is 7.57. The molecule has 146 valence electrons. The summed E-state index contributed by atoms with van der Waals surface area (Å²) in [7, 11) is 0. The van der Waals surface area contributed by atoms with Gasteiger partial charge in [-0.15, -0.1) is 0 Å². The highest BCUT2D eigenvalue weighted by Crippen LogP contribution is 2.35. The van der Waals surface area contributed by atoms with Crippen LogP contribution >= 0.6 is 0 Å². The van der Waals surface area contributed by atoms with E-state index < -0.39 is 34.6 Å². The topological polar surface area (TPSA) is 0 Å². The average Bonchev–Trinajstić information content (AvgIpc) is 2.61. The fourth-order valence-electron chi connectivity index (χ4n) is 4.18. The maximum Gasteiger partial charge on any atom is 0.194 e. The van der Waals surface area contributed by atoms with Gasteiger partial charge in [0.05, 0.1) is 5.56 Å². The van der Waals surface area contributed by atoms with Crippen LogP contribution in [0.4, 0.5) is 22.0 Å². The molecule has 0 aliphatic heterocycles. The van der Waals surface area contributed by atoms with E-state index in [2.05, 4.69) is 6.92 Å². The lowest BCUT2D eigenvalue weighted by Gasteiger charge is -2.28. The van der Waals surface area contributed by atoms with Crippen LogP contribution in [0.5, 0.6) is 0 Å². The van der Waals surface area contributed by atoms with Crippen LogP contribution in [0.2, 0.25) is 0 Å². The number of halogens is 5. The van der Waals surface area contributed by atoms with Crippen molar-refractivity contribution in [2.24, 2.45) is 11.8 Å². The minimum absolute atomic E-state index is 0.354. The molecule has 27 heavy (non-hydrogen) atoms. The van der Waals surface area contributed by atoms with E-state index in [1.54, 1.807) is 0 Å². The molecule has 0 radical (unpaired) electrons. The van der Waals surface area contributed by atoms with Gasteiger partial charge in [0.1, 0.15) is 11.6 Å². The van der Waals surface area contributed by atoms with E-state index in [4.69, 9.17) is 0 Å². The van der Waals surface area contributed by atoms with Gasteiger partial charge in [-0.1, -0.05) is 32.6 Å². The van der Waals surface area contributed by atoms with Gasteiger partial charge in [0.25, 0.3) is 0 Å². The van der Waals surface area contributed by atoms with E-state index in [-0.39, 0.29) is 5.56 Å². The molecular formula is C22H23F5. The number of hydrogen-bond donors (Lipinski definition) is 0. The first-order chi connectivity index (χ1) is 12.9. The predicted octanol–water partition coefficient (Wildman–Crippen LogP) is 7.20. The molecule has 0 amide bonds. The van der Waals surface area contributed by atoms with E-state index in [0.717, 1.165) is 31.6 Å². The van der Waals surface area contributed by atoms with Gasteiger partial charge in [-0.3, -0.25) is 0 Å². The third-order valence-electron chi connectivity index (χ3n) is 5.56. The van der Waals surface area contributed by atoms with Crippen LogP contribution in [0.15, 0.2) is 24.3 Å². The van der Waals surface area contributed by atoms with E-state index in [0.29, 0.717) is 30.0 Å². The van der Waals surface area contributed by atoms with Crippen LogP contribution in [-0.4, -0.2) is 0 Å². The van der Waals surface area contributed by atoms with Crippen LogP contribution in [0.3, 0.4) is 0 Å². The molecule has 0 atom stereocenters. The smallest absolute Gasteiger partial charge is 0.194 e. The summed E-state index contributed by atoms with van der Waals surface area (Å²) < 4.78 is 68.9. The van der Waals surface area contributed by atoms with Gasteiger partial charge in [0.2, 0.25) is 0 Å². The summed E-state index contributed by atoms with van der Waals surface area (Å²) in [4.78, 5) is 0. The van der Waals surface area contributed by atoms with Crippen LogP contribution in [0.1, 0.15) is 51.0 Å². The first kappa shape index (κ1) is 19.8. The highest BCUT2D eigenvalue weighted by molar-refractivity contribution is 5.65. The zero-order valence-corrected chi connectivity index (χ0v) is 15.3. The Hall–Kier alpha value is -1.91. The summed E-state index contributed by atoms with van der Waals surface area (Å²) in [6.07, 6.45) is 7.38. The predicted molar refractivity (Wildman–Crippen MR) is 95.7 cm³/mol. The third-order valence-corrected chi connectivity index (χ3v) is 5.56. The van der Waals surface area contributed by atoms with Crippen molar-refractivity contribution < 1.29 is 22.0 Å². The summed E-state index contributed by atoms with van der Waals surface area (Å²) in [6, 6.07) is 3.65. The van der Waals surface area contributed by atoms with E-state index in [1.165, 1.54) is 25.0 Å². The molecule has 0 aromatic heterocycles. The summed E-state index contributed by atoms with van der Waals surface area (Å²) in [5.41, 5.74) is -0.355. The lowest BCUT2D eigenvalue weighted by molar-refractivity contribution is 0.261. The molecule has 2 aromatic carbocycles. The second-order valence-electron chi connectivity index (χ2n) is 7.57. The van der Waals surface area contributed by atoms with E-state index >= 15 is 0 Å². The minimum atomic E-state index is -1.66. The molecular weight excluding hydrogens is 359 g/mol. The Morgan fingerprint density at radius 3 is 1.78 bits per heavy atom. The average molecular weight is 382 g/mol. The molecule has 1 aliphatic carbocycles. The quantitative estimate of drug-likeness (QED) is 0.379. The standard InChI is InChI=1S/C22H23F5/c1-2-3-13-4-6-14(7-5-13)8-15-9-17(23)21(18(24)10-15)16-11-19(25)22(27)20(26)12-16/h9-14H,2-8H2,1H3. The van der Waals surface area contributed by atoms with Gasteiger partial charge in [-0.25, -0.2) is 22.0 Å². The fraction of sp³-hybridized carbons (Fsp3) is 0.455. The normalized spacial score (nSPS) is 20.1. The van der Waals surface area contributed by atoms with Crippen molar-refractivity contribution in [2.75, 3.05) is 0 Å². The minimum Gasteiger partial charge on any atom is -0.206 e. The second kappa shape index (κ2) is 8.41. The van der Waals surface area contributed by atoms with Gasteiger partial charge in [0, 0.05) is 0 Å². The first-order valence-electron chi connectivity index (χ1n) is 9.51. The summed E-state index contributed by atoms with van der Waals surface area (Å²) >= 11 is 0. The Bertz CT molecular complexity index is 760. The van der Waals surface area contributed by atoms with Crippen molar-refractivity contribution >= 4 is 0 Å². The molecule has 5 heteroatoms.